The van der Waals surface area contributed by atoms with Gasteiger partial charge in [0, 0.05) is 16.2 Å². The summed E-state index contributed by atoms with van der Waals surface area (Å²) in [5, 5.41) is 19.9. The molecule has 8 nitrogen and oxygen atoms in total. The number of hydrogen-bond donors (Lipinski definition) is 1. The van der Waals surface area contributed by atoms with Gasteiger partial charge in [-0.1, -0.05) is 123 Å². The molecule has 0 saturated carbocycles. The molecule has 0 bridgehead atoms. The second-order valence-electron chi connectivity index (χ2n) is 10.1. The molecule has 0 unspecified atom stereocenters. The second kappa shape index (κ2) is 13.8. The molecule has 0 aliphatic heterocycles. The minimum absolute atomic E-state index is 0.385. The Bertz CT molecular complexity index is 1660. The lowest BCUT2D eigenvalue weighted by molar-refractivity contribution is -0.742. The summed E-state index contributed by atoms with van der Waals surface area (Å²) in [4.78, 5) is 10.6. The molecule has 6 rings (SSSR count). The molecule has 0 heterocycles. The minimum Gasteiger partial charge on any atom is -0.419 e. The molecular formula is C36H34N2O6. The smallest absolute Gasteiger partial charge is 0.419 e. The van der Waals surface area contributed by atoms with Gasteiger partial charge < -0.3 is 19.4 Å². The fourth-order valence-electron chi connectivity index (χ4n) is 5.24. The maximum Gasteiger partial charge on any atom is 0.430 e. The molecule has 44 heavy (non-hydrogen) atoms. The van der Waals surface area contributed by atoms with Crippen LogP contribution in [0.2, 0.25) is 0 Å². The Morgan fingerprint density at radius 2 is 0.886 bits per heavy atom. The Kier molecular flexibility index (Phi) is 9.42. The van der Waals surface area contributed by atoms with Crippen LogP contribution in [-0.4, -0.2) is 40.8 Å². The van der Waals surface area contributed by atoms with Crippen LogP contribution in [0.5, 0.6) is 17.2 Å². The van der Waals surface area contributed by atoms with Crippen LogP contribution in [0, 0.1) is 10.1 Å². The summed E-state index contributed by atoms with van der Waals surface area (Å²) in [6.07, 6.45) is 0. The number of hydrogen-bond acceptors (Lipinski definition) is 6. The van der Waals surface area contributed by atoms with Crippen molar-refractivity contribution in [1.82, 2.24) is 4.90 Å². The predicted octanol–water partition coefficient (Wildman–Crippen LogP) is 8.33. The second-order valence-corrected chi connectivity index (χ2v) is 10.1. The van der Waals surface area contributed by atoms with Crippen molar-refractivity contribution in [2.75, 3.05) is 19.6 Å². The summed E-state index contributed by atoms with van der Waals surface area (Å²) in [6.45, 7) is 6.30. The third kappa shape index (κ3) is 6.99. The van der Waals surface area contributed by atoms with Crippen molar-refractivity contribution in [3.05, 3.63) is 138 Å². The summed E-state index contributed by atoms with van der Waals surface area (Å²) < 4.78 is 20.9. The molecule has 0 radical (unpaired) electrons. The monoisotopic (exact) mass is 590 g/mol. The Morgan fingerprint density at radius 3 is 1.20 bits per heavy atom. The summed E-state index contributed by atoms with van der Waals surface area (Å²) in [7, 11) is 0. The Labute approximate surface area is 255 Å². The zero-order valence-electron chi connectivity index (χ0n) is 24.6. The summed E-state index contributed by atoms with van der Waals surface area (Å²) >= 11 is 0. The van der Waals surface area contributed by atoms with Crippen LogP contribution in [0.15, 0.2) is 127 Å². The Balaban J connectivity index is 0.000000906. The van der Waals surface area contributed by atoms with E-state index in [1.54, 1.807) is 0 Å². The topological polar surface area (TPSA) is 94.3 Å². The van der Waals surface area contributed by atoms with Crippen molar-refractivity contribution in [3.8, 4) is 17.2 Å². The third-order valence-corrected chi connectivity index (χ3v) is 7.36. The maximum atomic E-state index is 8.36. The van der Waals surface area contributed by atoms with Gasteiger partial charge in [-0.2, -0.15) is 0 Å². The molecule has 224 valence electrons. The zero-order chi connectivity index (χ0) is 30.9. The molecule has 6 aromatic rings. The van der Waals surface area contributed by atoms with Gasteiger partial charge in [0.2, 0.25) is 0 Å². The number of ether oxygens (including phenoxy) is 3. The first-order valence-electron chi connectivity index (χ1n) is 14.5. The number of benzene rings is 6. The van der Waals surface area contributed by atoms with E-state index < -0.39 is 11.1 Å². The molecule has 0 spiro atoms. The van der Waals surface area contributed by atoms with Crippen LogP contribution in [0.1, 0.15) is 13.8 Å². The molecule has 0 fully saturated rings. The SMILES string of the molecule is CCN(CC)CC(Oc1cccc2ccccc12)(Oc1cccc2ccccc12)Oc1cccc2ccccc12.O=[N+]([O-])O. The van der Waals surface area contributed by atoms with Gasteiger partial charge in [0.25, 0.3) is 5.09 Å². The van der Waals surface area contributed by atoms with Crippen molar-refractivity contribution < 1.29 is 24.5 Å². The number of rotatable bonds is 10. The van der Waals surface area contributed by atoms with E-state index in [1.807, 2.05) is 72.8 Å². The van der Waals surface area contributed by atoms with Crippen molar-refractivity contribution in [2.45, 2.75) is 19.8 Å². The molecule has 0 aliphatic carbocycles. The third-order valence-electron chi connectivity index (χ3n) is 7.36. The van der Waals surface area contributed by atoms with E-state index in [0.717, 1.165) is 45.4 Å². The van der Waals surface area contributed by atoms with Crippen molar-refractivity contribution in [2.24, 2.45) is 0 Å². The van der Waals surface area contributed by atoms with Gasteiger partial charge in [0.15, 0.2) is 0 Å². The molecular weight excluding hydrogens is 556 g/mol. The lowest BCUT2D eigenvalue weighted by Crippen LogP contribution is -2.56. The molecule has 0 aliphatic rings. The first-order valence-corrected chi connectivity index (χ1v) is 14.5. The summed E-state index contributed by atoms with van der Waals surface area (Å²) in [5.74, 6) is 0.604. The molecule has 0 atom stereocenters. The molecule has 6 aromatic carbocycles. The van der Waals surface area contributed by atoms with Crippen LogP contribution >= 0.6 is 0 Å². The number of fused-ring (bicyclic) bond motifs is 3. The molecule has 0 saturated heterocycles. The van der Waals surface area contributed by atoms with Crippen molar-refractivity contribution >= 4 is 32.3 Å². The summed E-state index contributed by atoms with van der Waals surface area (Å²) in [5.41, 5.74) is 0. The van der Waals surface area contributed by atoms with Gasteiger partial charge in [-0.25, -0.2) is 0 Å². The van der Waals surface area contributed by atoms with Gasteiger partial charge in [-0.15, -0.1) is 10.1 Å². The first-order chi connectivity index (χ1) is 21.4. The lowest BCUT2D eigenvalue weighted by atomic mass is 10.1. The quantitative estimate of drug-likeness (QED) is 0.0974. The lowest BCUT2D eigenvalue weighted by Gasteiger charge is -2.38. The minimum atomic E-state index is -1.50. The highest BCUT2D eigenvalue weighted by Crippen LogP contribution is 2.36. The van der Waals surface area contributed by atoms with Crippen LogP contribution in [0.4, 0.5) is 0 Å². The van der Waals surface area contributed by atoms with Crippen molar-refractivity contribution in [3.63, 3.8) is 0 Å². The van der Waals surface area contributed by atoms with E-state index in [0.29, 0.717) is 23.8 Å². The molecule has 8 heteroatoms. The Hall–Kier alpha value is -5.34. The van der Waals surface area contributed by atoms with Crippen molar-refractivity contribution in [1.29, 1.82) is 0 Å². The average molecular weight is 591 g/mol. The zero-order valence-corrected chi connectivity index (χ0v) is 24.6. The number of nitrogens with zero attached hydrogens (tertiary/aromatic N) is 2. The molecule has 0 aromatic heterocycles. The van der Waals surface area contributed by atoms with E-state index >= 15 is 0 Å². The van der Waals surface area contributed by atoms with Crippen LogP contribution in [-0.2, 0) is 0 Å². The maximum absolute atomic E-state index is 8.36. The average Bonchev–Trinajstić information content (AvgIpc) is 3.04. The van der Waals surface area contributed by atoms with Gasteiger partial charge >= 0.3 is 5.97 Å². The first kappa shape index (κ1) is 30.1. The highest BCUT2D eigenvalue weighted by molar-refractivity contribution is 5.90. The normalized spacial score (nSPS) is 11.2. The van der Waals surface area contributed by atoms with E-state index in [9.17, 15) is 0 Å². The van der Waals surface area contributed by atoms with Crippen LogP contribution in [0.25, 0.3) is 32.3 Å². The standard InChI is InChI=1S/C36H33NO3.HNO3/c1-3-37(4-2)26-36(38-33-23-11-17-27-14-5-8-20-30(27)33,39-34-24-12-18-28-15-6-9-21-31(28)34)40-35-25-13-19-29-16-7-10-22-32(29)35;2-1(3)4/h5-25H,3-4,26H2,1-2H3;(H,2,3,4). The van der Waals surface area contributed by atoms with E-state index in [2.05, 4.69) is 73.3 Å². The van der Waals surface area contributed by atoms with Crippen LogP contribution in [0.3, 0.4) is 0 Å². The highest BCUT2D eigenvalue weighted by Gasteiger charge is 2.42. The fourth-order valence-corrected chi connectivity index (χ4v) is 5.24. The molecule has 0 amide bonds. The fraction of sp³-hybridized carbons (Fsp3) is 0.167. The van der Waals surface area contributed by atoms with Gasteiger partial charge in [-0.3, -0.25) is 4.90 Å². The van der Waals surface area contributed by atoms with E-state index in [-0.39, 0.29) is 0 Å². The van der Waals surface area contributed by atoms with Gasteiger partial charge in [0.1, 0.15) is 23.8 Å². The van der Waals surface area contributed by atoms with E-state index in [1.165, 1.54) is 0 Å². The predicted molar refractivity (Wildman–Crippen MR) is 173 cm³/mol. The Morgan fingerprint density at radius 1 is 0.591 bits per heavy atom. The highest BCUT2D eigenvalue weighted by atomic mass is 16.9. The van der Waals surface area contributed by atoms with E-state index in [4.69, 9.17) is 29.5 Å². The van der Waals surface area contributed by atoms with Crippen LogP contribution < -0.4 is 14.2 Å². The largest absolute Gasteiger partial charge is 0.430 e. The van der Waals surface area contributed by atoms with Gasteiger partial charge in [-0.05, 0) is 47.4 Å². The number of likely N-dealkylation sites (N-methyl/N-ethyl adjacent to an activating group) is 1. The van der Waals surface area contributed by atoms with Gasteiger partial charge in [0.05, 0.1) is 0 Å². The summed E-state index contributed by atoms with van der Waals surface area (Å²) in [6, 6.07) is 42.9. The molecule has 1 N–H and O–H groups in total.